The second-order valence-corrected chi connectivity index (χ2v) is 0.660. The first-order valence-electron chi connectivity index (χ1n) is 1.43. The molecular weight excluding hydrogens is 120 g/mol. The molecule has 0 fully saturated rings. The maximum atomic E-state index is 8.50. The normalized spacial score (nSPS) is 4.33. The van der Waals surface area contributed by atoms with E-state index in [1.807, 2.05) is 0 Å². The number of aliphatic hydroxyl groups excluding tert-OH is 1. The molecule has 0 saturated heterocycles. The van der Waals surface area contributed by atoms with E-state index in [4.69, 9.17) is 11.8 Å². The third-order valence-corrected chi connectivity index (χ3v) is 0. The summed E-state index contributed by atoms with van der Waals surface area (Å²) < 4.78 is 17.0. The Kier molecular flexibility index (Phi) is 29.7. The molecular formula is C2H6O3Ti. The molecule has 0 aromatic heterocycles. The fraction of sp³-hybridized carbons (Fsp3) is 1.00. The summed E-state index contributed by atoms with van der Waals surface area (Å²) in [5.41, 5.74) is 0. The molecule has 0 atom stereocenters. The topological polar surface area (TPSA) is 54.4 Å². The zero-order valence-corrected chi connectivity index (χ0v) is 5.03. The van der Waals surface area contributed by atoms with Crippen LogP contribution in [-0.2, 0) is 25.7 Å². The third kappa shape index (κ3) is 609. The SMILES string of the molecule is CCO.[O]=[Ti]=[O]. The Bertz CT molecular complexity index is 38.1. The molecule has 0 rings (SSSR count). The van der Waals surface area contributed by atoms with Gasteiger partial charge < -0.3 is 5.11 Å². The molecule has 0 saturated carbocycles. The Morgan fingerprint density at radius 1 is 1.67 bits per heavy atom. The Morgan fingerprint density at radius 2 is 1.67 bits per heavy atom. The van der Waals surface area contributed by atoms with Crippen molar-refractivity contribution in [2.24, 2.45) is 0 Å². The molecule has 0 heterocycles. The van der Waals surface area contributed by atoms with Crippen molar-refractivity contribution in [3.05, 3.63) is 0 Å². The van der Waals surface area contributed by atoms with Gasteiger partial charge >= 0.3 is 25.7 Å². The molecule has 0 aliphatic heterocycles. The van der Waals surface area contributed by atoms with E-state index in [1.165, 1.54) is 0 Å². The number of aliphatic hydroxyl groups is 1. The molecule has 0 unspecified atom stereocenters. The van der Waals surface area contributed by atoms with Gasteiger partial charge in [0, 0.05) is 6.61 Å². The monoisotopic (exact) mass is 126 g/mol. The van der Waals surface area contributed by atoms with E-state index in [2.05, 4.69) is 0 Å². The third-order valence-electron chi connectivity index (χ3n) is 0. The maximum absolute atomic E-state index is 8.50. The molecule has 6 heavy (non-hydrogen) atoms. The van der Waals surface area contributed by atoms with Crippen LogP contribution in [0, 0.1) is 0 Å². The summed E-state index contributed by atoms with van der Waals surface area (Å²) in [5, 5.41) is 7.57. The van der Waals surface area contributed by atoms with E-state index in [-0.39, 0.29) is 6.61 Å². The van der Waals surface area contributed by atoms with E-state index < -0.39 is 19.1 Å². The average molecular weight is 126 g/mol. The molecule has 0 aromatic carbocycles. The first-order chi connectivity index (χ1) is 2.83. The summed E-state index contributed by atoms with van der Waals surface area (Å²) in [6.07, 6.45) is 0. The zero-order chi connectivity index (χ0) is 5.41. The Labute approximate surface area is 44.9 Å². The summed E-state index contributed by atoms with van der Waals surface area (Å²) in [7, 11) is 0. The number of hydrogen-bond donors (Lipinski definition) is 1. The van der Waals surface area contributed by atoms with Crippen LogP contribution in [0.3, 0.4) is 0 Å². The van der Waals surface area contributed by atoms with Crippen LogP contribution in [0.5, 0.6) is 0 Å². The van der Waals surface area contributed by atoms with Gasteiger partial charge in [-0.05, 0) is 6.92 Å². The molecule has 0 spiro atoms. The summed E-state index contributed by atoms with van der Waals surface area (Å²) >= 11 is -2.00. The molecule has 0 aliphatic rings. The van der Waals surface area contributed by atoms with Crippen LogP contribution in [0.15, 0.2) is 0 Å². The number of hydrogen-bond acceptors (Lipinski definition) is 3. The van der Waals surface area contributed by atoms with Crippen molar-refractivity contribution in [3.63, 3.8) is 0 Å². The van der Waals surface area contributed by atoms with E-state index in [0.29, 0.717) is 0 Å². The molecule has 0 aliphatic carbocycles. The molecule has 36 valence electrons. The second kappa shape index (κ2) is 18.6. The van der Waals surface area contributed by atoms with Crippen LogP contribution in [0.4, 0.5) is 0 Å². The predicted molar refractivity (Wildman–Crippen MR) is 14.1 cm³/mol. The summed E-state index contributed by atoms with van der Waals surface area (Å²) in [5.74, 6) is 0. The number of rotatable bonds is 0. The van der Waals surface area contributed by atoms with Crippen LogP contribution in [-0.4, -0.2) is 11.7 Å². The predicted octanol–water partition coefficient (Wildman–Crippen LogP) is -0.241. The molecule has 0 radical (unpaired) electrons. The second-order valence-electron chi connectivity index (χ2n) is 0.400. The van der Waals surface area contributed by atoms with E-state index in [1.54, 1.807) is 6.92 Å². The van der Waals surface area contributed by atoms with Crippen LogP contribution in [0.2, 0.25) is 0 Å². The van der Waals surface area contributed by atoms with Crippen molar-refractivity contribution in [1.82, 2.24) is 0 Å². The van der Waals surface area contributed by atoms with Gasteiger partial charge in [-0.1, -0.05) is 0 Å². The van der Waals surface area contributed by atoms with Gasteiger partial charge in [0.2, 0.25) is 0 Å². The van der Waals surface area contributed by atoms with E-state index >= 15 is 0 Å². The first-order valence-corrected chi connectivity index (χ1v) is 2.71. The molecule has 3 nitrogen and oxygen atoms in total. The first kappa shape index (κ1) is 9.55. The molecule has 0 bridgehead atoms. The quantitative estimate of drug-likeness (QED) is 0.455. The Hall–Kier alpha value is 0.274. The summed E-state index contributed by atoms with van der Waals surface area (Å²) in [6, 6.07) is 0. The van der Waals surface area contributed by atoms with E-state index in [9.17, 15) is 0 Å². The van der Waals surface area contributed by atoms with E-state index in [0.717, 1.165) is 0 Å². The van der Waals surface area contributed by atoms with Crippen molar-refractivity contribution < 1.29 is 30.8 Å². The van der Waals surface area contributed by atoms with Crippen LogP contribution in [0.25, 0.3) is 0 Å². The van der Waals surface area contributed by atoms with Gasteiger partial charge in [-0.2, -0.15) is 0 Å². The zero-order valence-electron chi connectivity index (χ0n) is 3.47. The standard InChI is InChI=1S/C2H6O.2O.Ti/c1-2-3;;;/h3H,2H2,1H3;;;. The van der Waals surface area contributed by atoms with Gasteiger partial charge in [-0.15, -0.1) is 0 Å². The molecule has 0 aromatic rings. The minimum atomic E-state index is -2.00. The minimum absolute atomic E-state index is 0.250. The van der Waals surface area contributed by atoms with Gasteiger partial charge in [0.1, 0.15) is 0 Å². The molecule has 1 N–H and O–H groups in total. The van der Waals surface area contributed by atoms with Crippen molar-refractivity contribution in [2.75, 3.05) is 6.61 Å². The van der Waals surface area contributed by atoms with Crippen molar-refractivity contribution in [1.29, 1.82) is 0 Å². The molecule has 0 amide bonds. The average Bonchev–Trinajstić information content (AvgIpc) is 1.39. The summed E-state index contributed by atoms with van der Waals surface area (Å²) in [6.45, 7) is 1.93. The van der Waals surface area contributed by atoms with Crippen molar-refractivity contribution >= 4 is 0 Å². The van der Waals surface area contributed by atoms with Crippen LogP contribution in [0.1, 0.15) is 6.92 Å². The Morgan fingerprint density at radius 3 is 1.67 bits per heavy atom. The Balaban J connectivity index is 0. The van der Waals surface area contributed by atoms with Gasteiger partial charge in [0.05, 0.1) is 0 Å². The van der Waals surface area contributed by atoms with Crippen LogP contribution >= 0.6 is 0 Å². The molecule has 4 heteroatoms. The van der Waals surface area contributed by atoms with Gasteiger partial charge in [-0.3, -0.25) is 0 Å². The van der Waals surface area contributed by atoms with Crippen molar-refractivity contribution in [2.45, 2.75) is 6.92 Å². The van der Waals surface area contributed by atoms with Gasteiger partial charge in [0.15, 0.2) is 0 Å². The summed E-state index contributed by atoms with van der Waals surface area (Å²) in [4.78, 5) is 0. The fourth-order valence-corrected chi connectivity index (χ4v) is 0. The van der Waals surface area contributed by atoms with Gasteiger partial charge in [-0.25, -0.2) is 0 Å². The van der Waals surface area contributed by atoms with Crippen molar-refractivity contribution in [3.8, 4) is 0 Å². The van der Waals surface area contributed by atoms with Gasteiger partial charge in [0.25, 0.3) is 0 Å². The fourth-order valence-electron chi connectivity index (χ4n) is 0. The van der Waals surface area contributed by atoms with Crippen LogP contribution < -0.4 is 0 Å².